The number of nitro groups is 4. The number of rotatable bonds is 6. The summed E-state index contributed by atoms with van der Waals surface area (Å²) >= 11 is 0. The summed E-state index contributed by atoms with van der Waals surface area (Å²) in [6.07, 6.45) is -1.40. The number of hydrogen-bond donors (Lipinski definition) is 2. The van der Waals surface area contributed by atoms with E-state index in [1.165, 1.54) is 0 Å². The second-order valence-electron chi connectivity index (χ2n) is 4.71. The molecule has 2 aliphatic rings. The van der Waals surface area contributed by atoms with Crippen LogP contribution < -0.4 is 11.5 Å². The minimum atomic E-state index is -2.97. The van der Waals surface area contributed by atoms with Gasteiger partial charge in [-0.25, -0.2) is 0 Å². The van der Waals surface area contributed by atoms with Crippen LogP contribution in [-0.2, 0) is 0 Å². The average Bonchev–Trinajstić information content (AvgIpc) is 3.00. The van der Waals surface area contributed by atoms with E-state index in [1.807, 2.05) is 0 Å². The standard InChI is InChI=1S/C7H6N10O8/c8-2-4(14(18)19)10-12-6(2,16(22)23)1-7(17(24)25)3(9)5(11-13-7)15(20)21/h1,8-9H2. The van der Waals surface area contributed by atoms with Crippen LogP contribution in [0.5, 0.6) is 0 Å². The summed E-state index contributed by atoms with van der Waals surface area (Å²) in [6, 6.07) is 0. The Morgan fingerprint density at radius 3 is 1.28 bits per heavy atom. The summed E-state index contributed by atoms with van der Waals surface area (Å²) in [5.41, 5.74) is 2.57. The summed E-state index contributed by atoms with van der Waals surface area (Å²) in [7, 11) is 0. The fourth-order valence-electron chi connectivity index (χ4n) is 2.11. The van der Waals surface area contributed by atoms with Gasteiger partial charge in [-0.3, -0.25) is 20.2 Å². The van der Waals surface area contributed by atoms with Crippen molar-refractivity contribution < 1.29 is 19.7 Å². The fraction of sp³-hybridized carbons (Fsp3) is 0.429. The molecule has 0 radical (unpaired) electrons. The van der Waals surface area contributed by atoms with Crippen LogP contribution in [0.4, 0.5) is 0 Å². The highest BCUT2D eigenvalue weighted by molar-refractivity contribution is 5.26. The third kappa shape index (κ3) is 2.19. The lowest BCUT2D eigenvalue weighted by Gasteiger charge is -2.20. The monoisotopic (exact) mass is 358 g/mol. The lowest BCUT2D eigenvalue weighted by Crippen LogP contribution is -2.52. The number of nitrogens with two attached hydrogens (primary N) is 2. The Kier molecular flexibility index (Phi) is 3.59. The first kappa shape index (κ1) is 17.2. The summed E-state index contributed by atoms with van der Waals surface area (Å²) < 4.78 is 0. The molecule has 2 rings (SSSR count). The molecule has 2 atom stereocenters. The van der Waals surface area contributed by atoms with Crippen LogP contribution in [0.15, 0.2) is 43.5 Å². The van der Waals surface area contributed by atoms with E-state index >= 15 is 0 Å². The molecular formula is C7H6N10O8. The molecule has 2 unspecified atom stereocenters. The van der Waals surface area contributed by atoms with Gasteiger partial charge < -0.3 is 31.7 Å². The Balaban J connectivity index is 2.65. The molecule has 0 amide bonds. The molecule has 0 aromatic rings. The third-order valence-electron chi connectivity index (χ3n) is 3.41. The number of hydrogen-bond acceptors (Lipinski definition) is 14. The van der Waals surface area contributed by atoms with Crippen LogP contribution in [0.3, 0.4) is 0 Å². The van der Waals surface area contributed by atoms with Gasteiger partial charge in [0, 0.05) is 10.2 Å². The zero-order valence-electron chi connectivity index (χ0n) is 11.7. The predicted molar refractivity (Wildman–Crippen MR) is 70.2 cm³/mol. The molecule has 25 heavy (non-hydrogen) atoms. The molecule has 0 aromatic carbocycles. The quantitative estimate of drug-likeness (QED) is 0.434. The van der Waals surface area contributed by atoms with Gasteiger partial charge in [0.2, 0.25) is 11.4 Å². The van der Waals surface area contributed by atoms with Crippen LogP contribution in [0.25, 0.3) is 0 Å². The zero-order chi connectivity index (χ0) is 19.2. The van der Waals surface area contributed by atoms with Gasteiger partial charge in [-0.2, -0.15) is 0 Å². The molecule has 0 aromatic heterocycles. The highest BCUT2D eigenvalue weighted by Crippen LogP contribution is 2.43. The Bertz CT molecular complexity index is 774. The Hall–Kier alpha value is -4.12. The second kappa shape index (κ2) is 5.21. The van der Waals surface area contributed by atoms with E-state index in [0.29, 0.717) is 0 Å². The van der Waals surface area contributed by atoms with Crippen molar-refractivity contribution in [3.63, 3.8) is 0 Å². The van der Waals surface area contributed by atoms with Crippen molar-refractivity contribution in [3.05, 3.63) is 63.5 Å². The molecule has 0 saturated heterocycles. The minimum Gasteiger partial charge on any atom is -0.387 e. The first-order valence-corrected chi connectivity index (χ1v) is 5.93. The summed E-state index contributed by atoms with van der Waals surface area (Å²) in [5, 5.41) is 56.4. The highest BCUT2D eigenvalue weighted by atomic mass is 16.7. The van der Waals surface area contributed by atoms with Crippen LogP contribution >= 0.6 is 0 Å². The van der Waals surface area contributed by atoms with Crippen LogP contribution in [0.1, 0.15) is 6.42 Å². The summed E-state index contributed by atoms with van der Waals surface area (Å²) in [6.45, 7) is 0. The lowest BCUT2D eigenvalue weighted by atomic mass is 9.92. The average molecular weight is 358 g/mol. The van der Waals surface area contributed by atoms with Crippen molar-refractivity contribution in [2.24, 2.45) is 31.9 Å². The normalized spacial score (nSPS) is 27.8. The van der Waals surface area contributed by atoms with Gasteiger partial charge >= 0.3 is 23.0 Å². The zero-order valence-corrected chi connectivity index (χ0v) is 11.7. The molecule has 2 heterocycles. The molecule has 18 heteroatoms. The van der Waals surface area contributed by atoms with E-state index < -0.39 is 60.5 Å². The summed E-state index contributed by atoms with van der Waals surface area (Å²) in [4.78, 5) is 39.5. The van der Waals surface area contributed by atoms with Crippen LogP contribution in [0, 0.1) is 40.5 Å². The SMILES string of the molecule is NC1=C([N+](=O)[O-])N=NC1(CC1([N+](=O)[O-])N=NC([N+](=O)[O-])=C1N)[N+](=O)[O-]. The van der Waals surface area contributed by atoms with E-state index in [4.69, 9.17) is 11.5 Å². The van der Waals surface area contributed by atoms with Gasteiger partial charge in [0.1, 0.15) is 0 Å². The first-order valence-electron chi connectivity index (χ1n) is 5.93. The van der Waals surface area contributed by atoms with Crippen molar-refractivity contribution in [3.8, 4) is 0 Å². The predicted octanol–water partition coefficient (Wildman–Crippen LogP) is -0.937. The van der Waals surface area contributed by atoms with Crippen molar-refractivity contribution in [1.29, 1.82) is 0 Å². The number of azo groups is 2. The molecule has 132 valence electrons. The van der Waals surface area contributed by atoms with Crippen molar-refractivity contribution in [2.75, 3.05) is 0 Å². The van der Waals surface area contributed by atoms with E-state index in [1.54, 1.807) is 0 Å². The Morgan fingerprint density at radius 2 is 1.08 bits per heavy atom. The fourth-order valence-corrected chi connectivity index (χ4v) is 2.11. The van der Waals surface area contributed by atoms with Gasteiger partial charge in [0.25, 0.3) is 0 Å². The second-order valence-corrected chi connectivity index (χ2v) is 4.71. The lowest BCUT2D eigenvalue weighted by molar-refractivity contribution is -0.600. The molecule has 0 saturated carbocycles. The molecular weight excluding hydrogens is 352 g/mol. The van der Waals surface area contributed by atoms with Crippen molar-refractivity contribution in [1.82, 2.24) is 0 Å². The Morgan fingerprint density at radius 1 is 0.760 bits per heavy atom. The van der Waals surface area contributed by atoms with Crippen LogP contribution in [0.2, 0.25) is 0 Å². The van der Waals surface area contributed by atoms with Crippen molar-refractivity contribution >= 4 is 0 Å². The molecule has 4 N–H and O–H groups in total. The smallest absolute Gasteiger partial charge is 0.387 e. The highest BCUT2D eigenvalue weighted by Gasteiger charge is 2.71. The maximum absolute atomic E-state index is 11.4. The van der Waals surface area contributed by atoms with Crippen LogP contribution in [-0.4, -0.2) is 31.0 Å². The van der Waals surface area contributed by atoms with Crippen molar-refractivity contribution in [2.45, 2.75) is 17.7 Å². The molecule has 0 fully saturated rings. The maximum atomic E-state index is 11.4. The van der Waals surface area contributed by atoms with Gasteiger partial charge in [0.05, 0.1) is 20.1 Å². The largest absolute Gasteiger partial charge is 0.419 e. The topological polar surface area (TPSA) is 274 Å². The van der Waals surface area contributed by atoms with E-state index in [-0.39, 0.29) is 0 Å². The maximum Gasteiger partial charge on any atom is 0.419 e. The molecule has 0 spiro atoms. The van der Waals surface area contributed by atoms with Gasteiger partial charge in [-0.15, -0.1) is 0 Å². The summed E-state index contributed by atoms with van der Waals surface area (Å²) in [5.74, 6) is -2.38. The number of nitrogens with zero attached hydrogens (tertiary/aromatic N) is 8. The molecule has 0 aliphatic carbocycles. The van der Waals surface area contributed by atoms with E-state index in [0.717, 1.165) is 0 Å². The van der Waals surface area contributed by atoms with Gasteiger partial charge in [-0.1, -0.05) is 0 Å². The molecule has 18 nitrogen and oxygen atoms in total. The Labute approximate surface area is 134 Å². The van der Waals surface area contributed by atoms with E-state index in [9.17, 15) is 40.5 Å². The van der Waals surface area contributed by atoms with Gasteiger partial charge in [0.15, 0.2) is 6.42 Å². The molecule has 0 bridgehead atoms. The van der Waals surface area contributed by atoms with Gasteiger partial charge in [-0.05, 0) is 9.85 Å². The first-order chi connectivity index (χ1) is 11.5. The minimum absolute atomic E-state index is 1.11. The van der Waals surface area contributed by atoms with E-state index in [2.05, 4.69) is 20.5 Å². The molecule has 2 aliphatic heterocycles. The third-order valence-corrected chi connectivity index (χ3v) is 3.41.